The van der Waals surface area contributed by atoms with Crippen LogP contribution < -0.4 is 11.1 Å². The van der Waals surface area contributed by atoms with Crippen LogP contribution >= 0.6 is 0 Å². The zero-order valence-electron chi connectivity index (χ0n) is 11.0. The monoisotopic (exact) mass is 251 g/mol. The number of carbonyl (C=O) groups excluding carboxylic acids is 1. The molecule has 6 heteroatoms. The van der Waals surface area contributed by atoms with Crippen LogP contribution in [0.2, 0.25) is 0 Å². The fraction of sp³-hybridized carbons (Fsp3) is 0.667. The maximum absolute atomic E-state index is 11.9. The number of nitrogens with zero attached hydrogens (tertiary/aromatic N) is 2. The first kappa shape index (κ1) is 12.9. The molecule has 1 aliphatic heterocycles. The van der Waals surface area contributed by atoms with Crippen LogP contribution in [0.3, 0.4) is 0 Å². The summed E-state index contributed by atoms with van der Waals surface area (Å²) in [4.78, 5) is 14.2. The van der Waals surface area contributed by atoms with Gasteiger partial charge < -0.3 is 16.0 Å². The highest BCUT2D eigenvalue weighted by atomic mass is 16.1. The second-order valence-corrected chi connectivity index (χ2v) is 5.50. The lowest BCUT2D eigenvalue weighted by molar-refractivity contribution is 0.0887. The summed E-state index contributed by atoms with van der Waals surface area (Å²) in [5.74, 6) is -0.176. The maximum atomic E-state index is 11.9. The zero-order valence-corrected chi connectivity index (χ0v) is 11.0. The molecule has 0 saturated carbocycles. The van der Waals surface area contributed by atoms with Gasteiger partial charge in [-0.1, -0.05) is 6.92 Å². The molecule has 2 heterocycles. The average Bonchev–Trinajstić information content (AvgIpc) is 2.77. The summed E-state index contributed by atoms with van der Waals surface area (Å²) >= 11 is 0. The molecule has 0 radical (unpaired) electrons. The third-order valence-electron chi connectivity index (χ3n) is 3.77. The van der Waals surface area contributed by atoms with E-state index in [9.17, 15) is 4.79 Å². The highest BCUT2D eigenvalue weighted by molar-refractivity contribution is 5.96. The smallest absolute Gasteiger partial charge is 0.271 e. The average molecular weight is 251 g/mol. The molecular formula is C12H21N5O. The van der Waals surface area contributed by atoms with E-state index in [4.69, 9.17) is 5.73 Å². The molecule has 0 aliphatic carbocycles. The van der Waals surface area contributed by atoms with Crippen LogP contribution in [-0.2, 0) is 0 Å². The number of nitrogens with two attached hydrogens (primary N) is 1. The Labute approximate surface area is 107 Å². The summed E-state index contributed by atoms with van der Waals surface area (Å²) in [7, 11) is 2.13. The molecule has 1 aliphatic rings. The molecule has 0 atom stereocenters. The van der Waals surface area contributed by atoms with Crippen LogP contribution in [0, 0.1) is 5.41 Å². The van der Waals surface area contributed by atoms with Gasteiger partial charge in [0.25, 0.3) is 5.91 Å². The van der Waals surface area contributed by atoms with Crippen molar-refractivity contribution < 1.29 is 4.79 Å². The number of rotatable bonds is 3. The van der Waals surface area contributed by atoms with Crippen molar-refractivity contribution in [2.45, 2.75) is 19.8 Å². The van der Waals surface area contributed by atoms with Gasteiger partial charge in [-0.05, 0) is 38.4 Å². The van der Waals surface area contributed by atoms with Gasteiger partial charge in [0, 0.05) is 6.54 Å². The minimum atomic E-state index is -0.176. The minimum Gasteiger partial charge on any atom is -0.396 e. The number of hydrogen-bond acceptors (Lipinski definition) is 4. The van der Waals surface area contributed by atoms with Crippen molar-refractivity contribution in [1.29, 1.82) is 0 Å². The molecule has 6 nitrogen and oxygen atoms in total. The van der Waals surface area contributed by atoms with E-state index in [2.05, 4.69) is 34.4 Å². The molecule has 0 spiro atoms. The Hall–Kier alpha value is -1.56. The highest BCUT2D eigenvalue weighted by Gasteiger charge is 2.29. The quantitative estimate of drug-likeness (QED) is 0.728. The number of hydrogen-bond donors (Lipinski definition) is 3. The van der Waals surface area contributed by atoms with Crippen molar-refractivity contribution in [2.24, 2.45) is 5.41 Å². The van der Waals surface area contributed by atoms with Crippen LogP contribution in [0.4, 0.5) is 5.69 Å². The number of nitrogens with one attached hydrogen (secondary N) is 2. The standard InChI is InChI=1S/C12H21N5O/c1-12(3-5-17(2)6-4-12)8-14-11(18)10-9(13)7-15-16-10/h7H,3-6,8,13H2,1-2H3,(H,14,18)(H,15,16). The predicted octanol–water partition coefficient (Wildman–Crippen LogP) is 0.454. The van der Waals surface area contributed by atoms with Crippen molar-refractivity contribution in [3.05, 3.63) is 11.9 Å². The summed E-state index contributed by atoms with van der Waals surface area (Å²) < 4.78 is 0. The fourth-order valence-corrected chi connectivity index (χ4v) is 2.19. The lowest BCUT2D eigenvalue weighted by Gasteiger charge is -2.37. The van der Waals surface area contributed by atoms with Crippen molar-refractivity contribution in [2.75, 3.05) is 32.4 Å². The van der Waals surface area contributed by atoms with Crippen LogP contribution in [0.25, 0.3) is 0 Å². The molecule has 2 rings (SSSR count). The van der Waals surface area contributed by atoms with Gasteiger partial charge in [0.1, 0.15) is 5.69 Å². The Balaban J connectivity index is 1.88. The predicted molar refractivity (Wildman–Crippen MR) is 70.2 cm³/mol. The number of carbonyl (C=O) groups is 1. The van der Waals surface area contributed by atoms with E-state index >= 15 is 0 Å². The van der Waals surface area contributed by atoms with Crippen molar-refractivity contribution in [3.8, 4) is 0 Å². The molecule has 1 aromatic rings. The Kier molecular flexibility index (Phi) is 3.56. The van der Waals surface area contributed by atoms with Gasteiger partial charge >= 0.3 is 0 Å². The van der Waals surface area contributed by atoms with Gasteiger partial charge in [-0.15, -0.1) is 0 Å². The molecule has 1 amide bonds. The number of nitrogen functional groups attached to an aromatic ring is 1. The summed E-state index contributed by atoms with van der Waals surface area (Å²) in [5.41, 5.74) is 6.56. The van der Waals surface area contributed by atoms with Crippen molar-refractivity contribution in [1.82, 2.24) is 20.4 Å². The number of piperidine rings is 1. The minimum absolute atomic E-state index is 0.176. The van der Waals surface area contributed by atoms with E-state index in [1.54, 1.807) is 0 Å². The largest absolute Gasteiger partial charge is 0.396 e. The maximum Gasteiger partial charge on any atom is 0.271 e. The number of H-pyrrole nitrogens is 1. The number of aromatic amines is 1. The lowest BCUT2D eigenvalue weighted by Crippen LogP contribution is -2.43. The van der Waals surface area contributed by atoms with Gasteiger partial charge in [-0.3, -0.25) is 9.89 Å². The van der Waals surface area contributed by atoms with E-state index in [1.807, 2.05) is 0 Å². The molecule has 1 aromatic heterocycles. The summed E-state index contributed by atoms with van der Waals surface area (Å²) in [6.45, 7) is 5.06. The lowest BCUT2D eigenvalue weighted by atomic mass is 9.80. The third-order valence-corrected chi connectivity index (χ3v) is 3.77. The Morgan fingerprint density at radius 1 is 1.61 bits per heavy atom. The molecule has 4 N–H and O–H groups in total. The van der Waals surface area contributed by atoms with Gasteiger partial charge in [0.2, 0.25) is 0 Å². The number of amides is 1. The van der Waals surface area contributed by atoms with Gasteiger partial charge in [0.05, 0.1) is 11.9 Å². The number of anilines is 1. The first-order valence-electron chi connectivity index (χ1n) is 6.26. The van der Waals surface area contributed by atoms with Crippen molar-refractivity contribution in [3.63, 3.8) is 0 Å². The second-order valence-electron chi connectivity index (χ2n) is 5.50. The van der Waals surface area contributed by atoms with Gasteiger partial charge in [-0.2, -0.15) is 5.10 Å². The van der Waals surface area contributed by atoms with Crippen molar-refractivity contribution >= 4 is 11.6 Å². The van der Waals surface area contributed by atoms with E-state index in [1.165, 1.54) is 6.20 Å². The van der Waals surface area contributed by atoms with Gasteiger partial charge in [0.15, 0.2) is 0 Å². The molecule has 1 saturated heterocycles. The molecule has 1 fully saturated rings. The molecule has 0 aromatic carbocycles. The zero-order chi connectivity index (χ0) is 13.2. The molecule has 18 heavy (non-hydrogen) atoms. The third kappa shape index (κ3) is 2.81. The van der Waals surface area contributed by atoms with E-state index in [-0.39, 0.29) is 11.3 Å². The SMILES string of the molecule is CN1CCC(C)(CNC(=O)c2[nH]ncc2N)CC1. The molecule has 0 unspecified atom stereocenters. The van der Waals surface area contributed by atoms with Crippen LogP contribution in [0.15, 0.2) is 6.20 Å². The normalized spacial score (nSPS) is 19.7. The van der Waals surface area contributed by atoms with Crippen LogP contribution in [0.5, 0.6) is 0 Å². The molecular weight excluding hydrogens is 230 g/mol. The first-order chi connectivity index (χ1) is 8.50. The summed E-state index contributed by atoms with van der Waals surface area (Å²) in [6, 6.07) is 0. The Morgan fingerprint density at radius 3 is 2.83 bits per heavy atom. The van der Waals surface area contributed by atoms with Gasteiger partial charge in [-0.25, -0.2) is 0 Å². The topological polar surface area (TPSA) is 87.0 Å². The highest BCUT2D eigenvalue weighted by Crippen LogP contribution is 2.29. The van der Waals surface area contributed by atoms with Crippen LogP contribution in [0.1, 0.15) is 30.3 Å². The summed E-state index contributed by atoms with van der Waals surface area (Å²) in [6.07, 6.45) is 3.65. The molecule has 0 bridgehead atoms. The van der Waals surface area contributed by atoms with Crippen LogP contribution in [-0.4, -0.2) is 47.7 Å². The Morgan fingerprint density at radius 2 is 2.28 bits per heavy atom. The van der Waals surface area contributed by atoms with E-state index in [0.717, 1.165) is 25.9 Å². The Bertz CT molecular complexity index is 420. The number of aromatic nitrogens is 2. The first-order valence-corrected chi connectivity index (χ1v) is 6.26. The molecule has 100 valence electrons. The second kappa shape index (κ2) is 4.97. The van der Waals surface area contributed by atoms with E-state index in [0.29, 0.717) is 17.9 Å². The number of likely N-dealkylation sites (tertiary alicyclic amines) is 1. The fourth-order valence-electron chi connectivity index (χ4n) is 2.19. The summed E-state index contributed by atoms with van der Waals surface area (Å²) in [5, 5.41) is 9.31. The van der Waals surface area contributed by atoms with E-state index < -0.39 is 0 Å².